The van der Waals surface area contributed by atoms with Crippen LogP contribution in [-0.4, -0.2) is 68.3 Å². The van der Waals surface area contributed by atoms with E-state index in [0.29, 0.717) is 11.5 Å². The fourth-order valence-corrected chi connectivity index (χ4v) is 3.09. The average Bonchev–Trinajstić information content (AvgIpc) is 3.02. The minimum Gasteiger partial charge on any atom is -0.494 e. The zero-order valence-electron chi connectivity index (χ0n) is 15.6. The molecule has 1 aromatic heterocycles. The predicted octanol–water partition coefficient (Wildman–Crippen LogP) is 2.56. The van der Waals surface area contributed by atoms with Crippen molar-refractivity contribution in [1.29, 1.82) is 0 Å². The number of ether oxygens (including phenoxy) is 2. The van der Waals surface area contributed by atoms with Gasteiger partial charge in [-0.2, -0.15) is 0 Å². The van der Waals surface area contributed by atoms with Gasteiger partial charge < -0.3 is 13.9 Å². The molecule has 3 rings (SSSR count). The summed E-state index contributed by atoms with van der Waals surface area (Å²) in [6.07, 6.45) is 0. The summed E-state index contributed by atoms with van der Waals surface area (Å²) < 4.78 is 29.6. The van der Waals surface area contributed by atoms with Gasteiger partial charge in [-0.3, -0.25) is 9.80 Å². The quantitative estimate of drug-likeness (QED) is 0.754. The molecule has 1 aliphatic rings. The SMILES string of the molecule is COCCN1CCN(Cc2nc(-c3ccc(F)c(OC)c3)oc2C)CC1. The molecule has 1 aliphatic heterocycles. The first-order chi connectivity index (χ1) is 12.6. The topological polar surface area (TPSA) is 51.0 Å². The Balaban J connectivity index is 1.64. The highest BCUT2D eigenvalue weighted by Crippen LogP contribution is 2.27. The number of halogens is 1. The maximum atomic E-state index is 13.6. The molecule has 142 valence electrons. The maximum absolute atomic E-state index is 13.6. The van der Waals surface area contributed by atoms with Gasteiger partial charge in [0.15, 0.2) is 11.6 Å². The largest absolute Gasteiger partial charge is 0.494 e. The molecule has 1 fully saturated rings. The lowest BCUT2D eigenvalue weighted by Gasteiger charge is -2.34. The molecule has 0 atom stereocenters. The van der Waals surface area contributed by atoms with E-state index < -0.39 is 5.82 Å². The molecular formula is C19H26FN3O3. The third-order valence-electron chi connectivity index (χ3n) is 4.74. The first-order valence-electron chi connectivity index (χ1n) is 8.84. The molecule has 0 aliphatic carbocycles. The van der Waals surface area contributed by atoms with Crippen LogP contribution < -0.4 is 4.74 Å². The number of hydrogen-bond acceptors (Lipinski definition) is 6. The van der Waals surface area contributed by atoms with Gasteiger partial charge in [-0.15, -0.1) is 0 Å². The molecule has 7 heteroatoms. The number of rotatable bonds is 7. The highest BCUT2D eigenvalue weighted by molar-refractivity contribution is 5.56. The summed E-state index contributed by atoms with van der Waals surface area (Å²) in [4.78, 5) is 9.41. The first-order valence-corrected chi connectivity index (χ1v) is 8.84. The second-order valence-electron chi connectivity index (χ2n) is 6.48. The Morgan fingerprint density at radius 2 is 1.88 bits per heavy atom. The highest BCUT2D eigenvalue weighted by Gasteiger charge is 2.20. The van der Waals surface area contributed by atoms with Crippen molar-refractivity contribution in [3.05, 3.63) is 35.5 Å². The van der Waals surface area contributed by atoms with Crippen LogP contribution in [-0.2, 0) is 11.3 Å². The number of nitrogens with zero attached hydrogens (tertiary/aromatic N) is 3. The van der Waals surface area contributed by atoms with Gasteiger partial charge in [0.25, 0.3) is 0 Å². The van der Waals surface area contributed by atoms with Crippen molar-refractivity contribution < 1.29 is 18.3 Å². The van der Waals surface area contributed by atoms with Gasteiger partial charge in [0.2, 0.25) is 5.89 Å². The van der Waals surface area contributed by atoms with Gasteiger partial charge in [-0.1, -0.05) is 0 Å². The number of oxazole rings is 1. The molecule has 2 heterocycles. The molecule has 0 spiro atoms. The fraction of sp³-hybridized carbons (Fsp3) is 0.526. The molecule has 0 unspecified atom stereocenters. The van der Waals surface area contributed by atoms with Gasteiger partial charge >= 0.3 is 0 Å². The molecule has 0 radical (unpaired) electrons. The second-order valence-corrected chi connectivity index (χ2v) is 6.48. The van der Waals surface area contributed by atoms with Crippen LogP contribution in [0.3, 0.4) is 0 Å². The Labute approximate surface area is 153 Å². The number of benzene rings is 1. The van der Waals surface area contributed by atoms with E-state index in [9.17, 15) is 4.39 Å². The molecule has 0 amide bonds. The second kappa shape index (κ2) is 8.62. The van der Waals surface area contributed by atoms with Crippen molar-refractivity contribution in [3.63, 3.8) is 0 Å². The molecule has 0 N–H and O–H groups in total. The monoisotopic (exact) mass is 363 g/mol. The average molecular weight is 363 g/mol. The summed E-state index contributed by atoms with van der Waals surface area (Å²) in [6.45, 7) is 8.47. The minimum absolute atomic E-state index is 0.187. The summed E-state index contributed by atoms with van der Waals surface area (Å²) in [6, 6.07) is 4.63. The van der Waals surface area contributed by atoms with Gasteiger partial charge in [-0.05, 0) is 25.1 Å². The van der Waals surface area contributed by atoms with E-state index >= 15 is 0 Å². The van der Waals surface area contributed by atoms with Gasteiger partial charge in [0, 0.05) is 51.9 Å². The summed E-state index contributed by atoms with van der Waals surface area (Å²) in [5.41, 5.74) is 1.63. The van der Waals surface area contributed by atoms with E-state index in [1.807, 2.05) is 6.92 Å². The molecular weight excluding hydrogens is 337 g/mol. The summed E-state index contributed by atoms with van der Waals surface area (Å²) in [5, 5.41) is 0. The molecule has 0 saturated carbocycles. The van der Waals surface area contributed by atoms with Crippen LogP contribution in [0.15, 0.2) is 22.6 Å². The van der Waals surface area contributed by atoms with Crippen molar-refractivity contribution in [3.8, 4) is 17.2 Å². The van der Waals surface area contributed by atoms with Crippen LogP contribution in [0.1, 0.15) is 11.5 Å². The first kappa shape index (κ1) is 18.8. The standard InChI is InChI=1S/C19H26FN3O3/c1-14-17(13-23-8-6-22(7-9-23)10-11-24-2)21-19(26-14)15-4-5-16(20)18(12-15)25-3/h4-5,12H,6-11,13H2,1-3H3. The smallest absolute Gasteiger partial charge is 0.226 e. The van der Waals surface area contributed by atoms with E-state index in [0.717, 1.165) is 57.3 Å². The summed E-state index contributed by atoms with van der Waals surface area (Å²) >= 11 is 0. The van der Waals surface area contributed by atoms with Crippen molar-refractivity contribution in [1.82, 2.24) is 14.8 Å². The summed E-state index contributed by atoms with van der Waals surface area (Å²) in [7, 11) is 3.18. The molecule has 1 aromatic carbocycles. The molecule has 1 saturated heterocycles. The maximum Gasteiger partial charge on any atom is 0.226 e. The zero-order valence-corrected chi connectivity index (χ0v) is 15.6. The van der Waals surface area contributed by atoms with Crippen LogP contribution in [0, 0.1) is 12.7 Å². The van der Waals surface area contributed by atoms with Crippen molar-refractivity contribution in [2.24, 2.45) is 0 Å². The van der Waals surface area contributed by atoms with E-state index in [1.54, 1.807) is 19.2 Å². The normalized spacial score (nSPS) is 16.2. The van der Waals surface area contributed by atoms with Crippen LogP contribution in [0.25, 0.3) is 11.5 Å². The Hall–Kier alpha value is -1.96. The van der Waals surface area contributed by atoms with E-state index in [1.165, 1.54) is 13.2 Å². The third-order valence-corrected chi connectivity index (χ3v) is 4.74. The molecule has 26 heavy (non-hydrogen) atoms. The van der Waals surface area contributed by atoms with Crippen LogP contribution in [0.4, 0.5) is 4.39 Å². The van der Waals surface area contributed by atoms with Crippen molar-refractivity contribution >= 4 is 0 Å². The third kappa shape index (κ3) is 4.41. The van der Waals surface area contributed by atoms with Gasteiger partial charge in [0.1, 0.15) is 5.76 Å². The Morgan fingerprint density at radius 1 is 1.15 bits per heavy atom. The van der Waals surface area contributed by atoms with Gasteiger partial charge in [-0.25, -0.2) is 9.37 Å². The molecule has 0 bridgehead atoms. The van der Waals surface area contributed by atoms with Gasteiger partial charge in [0.05, 0.1) is 19.4 Å². The van der Waals surface area contributed by atoms with Crippen molar-refractivity contribution in [2.75, 3.05) is 53.6 Å². The Morgan fingerprint density at radius 3 is 2.58 bits per heavy atom. The van der Waals surface area contributed by atoms with Crippen LogP contribution in [0.2, 0.25) is 0 Å². The summed E-state index contributed by atoms with van der Waals surface area (Å²) in [5.74, 6) is 1.08. The number of aromatic nitrogens is 1. The van der Waals surface area contributed by atoms with Crippen molar-refractivity contribution in [2.45, 2.75) is 13.5 Å². The highest BCUT2D eigenvalue weighted by atomic mass is 19.1. The Bertz CT molecular complexity index is 727. The number of methoxy groups -OCH3 is 2. The van der Waals surface area contributed by atoms with Crippen LogP contribution in [0.5, 0.6) is 5.75 Å². The lowest BCUT2D eigenvalue weighted by atomic mass is 10.2. The number of piperazine rings is 1. The number of aryl methyl sites for hydroxylation is 1. The van der Waals surface area contributed by atoms with E-state index in [-0.39, 0.29) is 5.75 Å². The Kier molecular flexibility index (Phi) is 6.24. The molecule has 2 aromatic rings. The van der Waals surface area contributed by atoms with Crippen LogP contribution >= 0.6 is 0 Å². The van der Waals surface area contributed by atoms with E-state index in [4.69, 9.17) is 13.9 Å². The predicted molar refractivity (Wildman–Crippen MR) is 96.8 cm³/mol. The molecule has 6 nitrogen and oxygen atoms in total. The lowest BCUT2D eigenvalue weighted by Crippen LogP contribution is -2.46. The van der Waals surface area contributed by atoms with E-state index in [2.05, 4.69) is 14.8 Å². The lowest BCUT2D eigenvalue weighted by molar-refractivity contribution is 0.0931. The number of hydrogen-bond donors (Lipinski definition) is 0. The minimum atomic E-state index is -0.397. The fourth-order valence-electron chi connectivity index (χ4n) is 3.09. The zero-order chi connectivity index (χ0) is 18.5.